The van der Waals surface area contributed by atoms with Gasteiger partial charge in [-0.15, -0.1) is 0 Å². The Balaban J connectivity index is 2.07. The number of ether oxygens (including phenoxy) is 1. The Bertz CT molecular complexity index is 585. The molecule has 0 aromatic heterocycles. The molecule has 1 aromatic carbocycles. The molecule has 0 atom stereocenters. The van der Waals surface area contributed by atoms with Gasteiger partial charge in [0.25, 0.3) is 0 Å². The van der Waals surface area contributed by atoms with Crippen molar-refractivity contribution in [1.82, 2.24) is 0 Å². The van der Waals surface area contributed by atoms with Crippen molar-refractivity contribution in [2.24, 2.45) is 5.41 Å². The van der Waals surface area contributed by atoms with Crippen LogP contribution in [0.15, 0.2) is 22.7 Å². The third-order valence-corrected chi connectivity index (χ3v) is 5.51. The van der Waals surface area contributed by atoms with Gasteiger partial charge in [0.1, 0.15) is 11.6 Å². The van der Waals surface area contributed by atoms with Crippen LogP contribution in [0.1, 0.15) is 25.7 Å². The van der Waals surface area contributed by atoms with Gasteiger partial charge in [-0.1, -0.05) is 12.8 Å². The number of hydrogen-bond donors (Lipinski definition) is 0. The molecule has 1 fully saturated rings. The second-order valence-electron chi connectivity index (χ2n) is 5.25. The smallest absolute Gasteiger partial charge is 0.233 e. The summed E-state index contributed by atoms with van der Waals surface area (Å²) in [6.07, 6.45) is 3.45. The van der Waals surface area contributed by atoms with Crippen molar-refractivity contribution in [3.8, 4) is 5.75 Å². The Morgan fingerprint density at radius 1 is 1.35 bits per heavy atom. The van der Waals surface area contributed by atoms with E-state index in [1.165, 1.54) is 6.07 Å². The average molecular weight is 386 g/mol. The molecule has 0 radical (unpaired) electrons. The molecule has 3 nitrogen and oxygen atoms in total. The summed E-state index contributed by atoms with van der Waals surface area (Å²) in [6, 6.07) is 4.48. The van der Waals surface area contributed by atoms with Crippen LogP contribution in [0.3, 0.4) is 0 Å². The first-order chi connectivity index (χ1) is 9.30. The van der Waals surface area contributed by atoms with Gasteiger partial charge in [-0.2, -0.15) is 0 Å². The fourth-order valence-corrected chi connectivity index (χ4v) is 4.67. The summed E-state index contributed by atoms with van der Waals surface area (Å²) in [5, 5.41) is 0. The lowest BCUT2D eigenvalue weighted by molar-refractivity contribution is 0.170. The third-order valence-electron chi connectivity index (χ3n) is 3.58. The lowest BCUT2D eigenvalue weighted by atomic mass is 9.90. The Kier molecular flexibility index (Phi) is 4.97. The average Bonchev–Trinajstić information content (AvgIpc) is 2.77. The molecule has 0 spiro atoms. The minimum absolute atomic E-state index is 0.0967. The van der Waals surface area contributed by atoms with E-state index >= 15 is 0 Å². The molecule has 0 saturated heterocycles. The third kappa shape index (κ3) is 4.33. The van der Waals surface area contributed by atoms with Crippen molar-refractivity contribution in [3.05, 3.63) is 28.5 Å². The summed E-state index contributed by atoms with van der Waals surface area (Å²) in [4.78, 5) is 0. The zero-order chi connectivity index (χ0) is 14.8. The highest BCUT2D eigenvalue weighted by atomic mass is 79.9. The lowest BCUT2D eigenvalue weighted by Crippen LogP contribution is -2.32. The fourth-order valence-electron chi connectivity index (χ4n) is 2.62. The van der Waals surface area contributed by atoms with Crippen LogP contribution < -0.4 is 4.74 Å². The van der Waals surface area contributed by atoms with Crippen LogP contribution in [0.2, 0.25) is 0 Å². The van der Waals surface area contributed by atoms with E-state index in [0.717, 1.165) is 25.7 Å². The van der Waals surface area contributed by atoms with Crippen LogP contribution in [0.4, 0.5) is 4.39 Å². The Labute approximate surface area is 131 Å². The zero-order valence-corrected chi connectivity index (χ0v) is 13.9. The highest BCUT2D eigenvalue weighted by Crippen LogP contribution is 2.40. The van der Waals surface area contributed by atoms with Crippen LogP contribution in [-0.4, -0.2) is 20.8 Å². The first-order valence-electron chi connectivity index (χ1n) is 6.30. The second kappa shape index (κ2) is 6.20. The fraction of sp³-hybridized carbons (Fsp3) is 0.538. The Hall–Kier alpha value is -0.330. The van der Waals surface area contributed by atoms with Crippen molar-refractivity contribution < 1.29 is 17.5 Å². The minimum Gasteiger partial charge on any atom is -0.493 e. The van der Waals surface area contributed by atoms with E-state index in [-0.39, 0.29) is 12.4 Å². The predicted molar refractivity (Wildman–Crippen MR) is 80.1 cm³/mol. The summed E-state index contributed by atoms with van der Waals surface area (Å²) >= 11 is 3.07. The van der Waals surface area contributed by atoms with Crippen molar-refractivity contribution in [2.75, 3.05) is 12.4 Å². The van der Waals surface area contributed by atoms with Crippen molar-refractivity contribution in [2.45, 2.75) is 25.7 Å². The van der Waals surface area contributed by atoms with Crippen molar-refractivity contribution in [1.29, 1.82) is 0 Å². The molecule has 1 aliphatic rings. The van der Waals surface area contributed by atoms with Gasteiger partial charge >= 0.3 is 0 Å². The summed E-state index contributed by atoms with van der Waals surface area (Å²) < 4.78 is 42.1. The number of halogens is 3. The standard InChI is InChI=1S/C13H15BrClFO3S/c14-11-4-3-10(7-12(11)16)19-8-13(5-1-2-6-13)9-20(15,17)18/h3-4,7H,1-2,5-6,8-9H2. The minimum atomic E-state index is -3.57. The summed E-state index contributed by atoms with van der Waals surface area (Å²) in [5.41, 5.74) is -0.454. The van der Waals surface area contributed by atoms with E-state index in [0.29, 0.717) is 10.2 Å². The van der Waals surface area contributed by atoms with E-state index in [1.54, 1.807) is 12.1 Å². The Morgan fingerprint density at radius 2 is 2.00 bits per heavy atom. The van der Waals surface area contributed by atoms with E-state index < -0.39 is 20.3 Å². The molecule has 7 heteroatoms. The van der Waals surface area contributed by atoms with Crippen LogP contribution in [0.5, 0.6) is 5.75 Å². The zero-order valence-electron chi connectivity index (χ0n) is 10.7. The highest BCUT2D eigenvalue weighted by Gasteiger charge is 2.38. The SMILES string of the molecule is O=S(=O)(Cl)CC1(COc2ccc(Br)c(F)c2)CCCC1. The van der Waals surface area contributed by atoms with Gasteiger partial charge in [-0.3, -0.25) is 0 Å². The van der Waals surface area contributed by atoms with Gasteiger partial charge < -0.3 is 4.74 Å². The molecule has 0 N–H and O–H groups in total. The molecule has 112 valence electrons. The molecule has 1 aromatic rings. The Morgan fingerprint density at radius 3 is 2.55 bits per heavy atom. The quantitative estimate of drug-likeness (QED) is 0.717. The van der Waals surface area contributed by atoms with E-state index in [1.807, 2.05) is 0 Å². The topological polar surface area (TPSA) is 43.4 Å². The van der Waals surface area contributed by atoms with Crippen LogP contribution in [0.25, 0.3) is 0 Å². The maximum absolute atomic E-state index is 13.4. The normalized spacial score (nSPS) is 18.1. The first-order valence-corrected chi connectivity index (χ1v) is 9.57. The van der Waals surface area contributed by atoms with Crippen molar-refractivity contribution >= 4 is 35.7 Å². The van der Waals surface area contributed by atoms with Gasteiger partial charge in [-0.25, -0.2) is 12.8 Å². The van der Waals surface area contributed by atoms with E-state index in [2.05, 4.69) is 15.9 Å². The molecule has 0 unspecified atom stereocenters. The summed E-state index contributed by atoms with van der Waals surface area (Å²) in [5.74, 6) is -0.113. The monoisotopic (exact) mass is 384 g/mol. The molecule has 0 bridgehead atoms. The molecule has 0 heterocycles. The number of hydrogen-bond acceptors (Lipinski definition) is 3. The maximum atomic E-state index is 13.4. The van der Waals surface area contributed by atoms with Gasteiger partial charge in [0, 0.05) is 22.2 Å². The molecular formula is C13H15BrClFO3S. The molecule has 1 aliphatic carbocycles. The summed E-state index contributed by atoms with van der Waals surface area (Å²) in [7, 11) is 1.81. The molecule has 2 rings (SSSR count). The molecular weight excluding hydrogens is 371 g/mol. The van der Waals surface area contributed by atoms with Gasteiger partial charge in [0.2, 0.25) is 9.05 Å². The van der Waals surface area contributed by atoms with Crippen LogP contribution in [0, 0.1) is 11.2 Å². The molecule has 1 saturated carbocycles. The molecule has 20 heavy (non-hydrogen) atoms. The van der Waals surface area contributed by atoms with Crippen molar-refractivity contribution in [3.63, 3.8) is 0 Å². The maximum Gasteiger partial charge on any atom is 0.233 e. The number of benzene rings is 1. The van der Waals surface area contributed by atoms with Gasteiger partial charge in [0.05, 0.1) is 16.8 Å². The predicted octanol–water partition coefficient (Wildman–Crippen LogP) is 4.10. The summed E-state index contributed by atoms with van der Waals surface area (Å²) in [6.45, 7) is 0.236. The van der Waals surface area contributed by atoms with Crippen LogP contribution >= 0.6 is 26.6 Å². The van der Waals surface area contributed by atoms with E-state index in [4.69, 9.17) is 15.4 Å². The highest BCUT2D eigenvalue weighted by molar-refractivity contribution is 9.10. The first kappa shape index (κ1) is 16.0. The molecule has 0 aliphatic heterocycles. The molecule has 0 amide bonds. The van der Waals surface area contributed by atoms with Gasteiger partial charge in [-0.05, 0) is 40.9 Å². The van der Waals surface area contributed by atoms with E-state index in [9.17, 15) is 12.8 Å². The largest absolute Gasteiger partial charge is 0.493 e. The van der Waals surface area contributed by atoms with Gasteiger partial charge in [0.15, 0.2) is 0 Å². The second-order valence-corrected chi connectivity index (χ2v) is 8.89. The van der Waals surface area contributed by atoms with Crippen LogP contribution in [-0.2, 0) is 9.05 Å². The lowest BCUT2D eigenvalue weighted by Gasteiger charge is -2.27. The number of rotatable bonds is 5.